The van der Waals surface area contributed by atoms with Gasteiger partial charge in [-0.1, -0.05) is 16.7 Å². The van der Waals surface area contributed by atoms with Crippen molar-refractivity contribution in [1.82, 2.24) is 30.3 Å². The highest BCUT2D eigenvalue weighted by Gasteiger charge is 2.25. The molecule has 0 amide bonds. The summed E-state index contributed by atoms with van der Waals surface area (Å²) >= 11 is 0. The molecule has 1 aliphatic rings. The highest BCUT2D eigenvalue weighted by Crippen LogP contribution is 2.35. The van der Waals surface area contributed by atoms with Gasteiger partial charge in [0, 0.05) is 18.3 Å². The number of nitrogens with zero attached hydrogens (tertiary/aromatic N) is 6. The molecule has 9 nitrogen and oxygen atoms in total. The van der Waals surface area contributed by atoms with Gasteiger partial charge in [0.2, 0.25) is 23.4 Å². The molecule has 0 saturated heterocycles. The molecule has 3 aromatic heterocycles. The van der Waals surface area contributed by atoms with Gasteiger partial charge in [-0.25, -0.2) is 9.97 Å². The van der Waals surface area contributed by atoms with Gasteiger partial charge >= 0.3 is 6.01 Å². The maximum Gasteiger partial charge on any atom is 0.315 e. The van der Waals surface area contributed by atoms with Gasteiger partial charge in [-0.15, -0.1) is 5.10 Å². The van der Waals surface area contributed by atoms with Gasteiger partial charge in [0.1, 0.15) is 0 Å². The fourth-order valence-corrected chi connectivity index (χ4v) is 2.11. The Hall–Kier alpha value is -2.84. The van der Waals surface area contributed by atoms with E-state index in [0.717, 1.165) is 12.8 Å². The molecule has 1 aliphatic carbocycles. The Labute approximate surface area is 125 Å². The second kappa shape index (κ2) is 5.51. The van der Waals surface area contributed by atoms with Crippen LogP contribution in [0.4, 0.5) is 6.01 Å². The molecule has 0 radical (unpaired) electrons. The first-order chi connectivity index (χ1) is 10.9. The quantitative estimate of drug-likeness (QED) is 0.752. The maximum atomic E-state index is 5.55. The first-order valence-corrected chi connectivity index (χ1v) is 7.06. The maximum absolute atomic E-state index is 5.55. The van der Waals surface area contributed by atoms with Crippen LogP contribution in [0, 0.1) is 0 Å². The summed E-state index contributed by atoms with van der Waals surface area (Å²) < 4.78 is 10.7. The fourth-order valence-electron chi connectivity index (χ4n) is 2.11. The van der Waals surface area contributed by atoms with Crippen LogP contribution in [-0.2, 0) is 6.54 Å². The molecule has 0 bridgehead atoms. The van der Waals surface area contributed by atoms with Gasteiger partial charge in [0.05, 0.1) is 6.54 Å². The number of anilines is 1. The molecule has 0 atom stereocenters. The Morgan fingerprint density at radius 1 is 1.14 bits per heavy atom. The van der Waals surface area contributed by atoms with Crippen LogP contribution in [0.2, 0.25) is 0 Å². The van der Waals surface area contributed by atoms with E-state index in [1.54, 1.807) is 18.5 Å². The van der Waals surface area contributed by atoms with E-state index < -0.39 is 0 Å². The van der Waals surface area contributed by atoms with Crippen molar-refractivity contribution in [2.45, 2.75) is 31.7 Å². The average Bonchev–Trinajstić information content (AvgIpc) is 3.14. The predicted molar refractivity (Wildman–Crippen MR) is 73.5 cm³/mol. The zero-order chi connectivity index (χ0) is 14.8. The molecule has 9 heteroatoms. The first-order valence-electron chi connectivity index (χ1n) is 7.06. The van der Waals surface area contributed by atoms with E-state index in [1.165, 1.54) is 6.42 Å². The smallest absolute Gasteiger partial charge is 0.315 e. The molecule has 22 heavy (non-hydrogen) atoms. The summed E-state index contributed by atoms with van der Waals surface area (Å²) in [5.41, 5.74) is 0. The Kier molecular flexibility index (Phi) is 3.22. The molecule has 112 valence electrons. The Balaban J connectivity index is 1.39. The summed E-state index contributed by atoms with van der Waals surface area (Å²) in [4.78, 5) is 12.3. The number of rotatable bonds is 5. The van der Waals surface area contributed by atoms with Gasteiger partial charge in [0.25, 0.3) is 0 Å². The first kappa shape index (κ1) is 12.9. The molecular weight excluding hydrogens is 286 g/mol. The minimum Gasteiger partial charge on any atom is -0.408 e. The summed E-state index contributed by atoms with van der Waals surface area (Å²) in [7, 11) is 0. The summed E-state index contributed by atoms with van der Waals surface area (Å²) in [6.07, 6.45) is 6.70. The van der Waals surface area contributed by atoms with Crippen molar-refractivity contribution in [2.75, 3.05) is 5.32 Å². The van der Waals surface area contributed by atoms with Crippen LogP contribution >= 0.6 is 0 Å². The molecule has 3 heterocycles. The minimum absolute atomic E-state index is 0.298. The molecule has 0 aliphatic heterocycles. The summed E-state index contributed by atoms with van der Waals surface area (Å²) in [6, 6.07) is 2.08. The lowest BCUT2D eigenvalue weighted by Crippen LogP contribution is -2.08. The molecule has 1 N–H and O–H groups in total. The SMILES string of the molecule is c1cnc(-c2noc(CNc3nnc(C4CCC4)o3)n2)nc1. The molecule has 0 spiro atoms. The third-order valence-corrected chi connectivity index (χ3v) is 3.52. The standard InChI is InChI=1S/C13H13N7O2/c1-3-8(4-1)12-18-19-13(21-12)16-7-9-17-11(20-22-9)10-14-5-2-6-15-10/h2,5-6,8H,1,3-4,7H2,(H,16,19). The summed E-state index contributed by atoms with van der Waals surface area (Å²) in [5, 5.41) is 14.8. The molecule has 4 rings (SSSR count). The van der Waals surface area contributed by atoms with Crippen LogP contribution in [0.1, 0.15) is 37.0 Å². The van der Waals surface area contributed by atoms with Crippen LogP contribution in [-0.4, -0.2) is 30.3 Å². The van der Waals surface area contributed by atoms with Gasteiger partial charge in [-0.3, -0.25) is 0 Å². The van der Waals surface area contributed by atoms with Crippen molar-refractivity contribution < 1.29 is 8.94 Å². The monoisotopic (exact) mass is 299 g/mol. The van der Waals surface area contributed by atoms with E-state index in [4.69, 9.17) is 8.94 Å². The van der Waals surface area contributed by atoms with Crippen LogP contribution in [0.15, 0.2) is 27.4 Å². The minimum atomic E-state index is 0.298. The van der Waals surface area contributed by atoms with Crippen molar-refractivity contribution >= 4 is 6.01 Å². The number of hydrogen-bond acceptors (Lipinski definition) is 9. The third-order valence-electron chi connectivity index (χ3n) is 3.52. The van der Waals surface area contributed by atoms with Crippen LogP contribution < -0.4 is 5.32 Å². The number of nitrogens with one attached hydrogen (secondary N) is 1. The number of aromatic nitrogens is 6. The molecule has 0 aromatic carbocycles. The lowest BCUT2D eigenvalue weighted by Gasteiger charge is -2.20. The molecular formula is C13H13N7O2. The van der Waals surface area contributed by atoms with E-state index in [0.29, 0.717) is 41.9 Å². The van der Waals surface area contributed by atoms with Gasteiger partial charge in [-0.2, -0.15) is 4.98 Å². The van der Waals surface area contributed by atoms with E-state index in [9.17, 15) is 0 Å². The van der Waals surface area contributed by atoms with E-state index >= 15 is 0 Å². The highest BCUT2D eigenvalue weighted by atomic mass is 16.5. The third kappa shape index (κ3) is 2.52. The zero-order valence-electron chi connectivity index (χ0n) is 11.6. The van der Waals surface area contributed by atoms with Crippen molar-refractivity contribution in [3.8, 4) is 11.6 Å². The van der Waals surface area contributed by atoms with Crippen LogP contribution in [0.3, 0.4) is 0 Å². The fraction of sp³-hybridized carbons (Fsp3) is 0.385. The lowest BCUT2D eigenvalue weighted by atomic mass is 9.85. The molecule has 0 unspecified atom stereocenters. The lowest BCUT2D eigenvalue weighted by molar-refractivity contribution is 0.337. The summed E-state index contributed by atoms with van der Waals surface area (Å²) in [6.45, 7) is 0.298. The summed E-state index contributed by atoms with van der Waals surface area (Å²) in [5.74, 6) is 2.26. The molecule has 1 saturated carbocycles. The van der Waals surface area contributed by atoms with Crippen molar-refractivity contribution in [3.63, 3.8) is 0 Å². The van der Waals surface area contributed by atoms with E-state index in [2.05, 4.69) is 35.6 Å². The number of hydrogen-bond donors (Lipinski definition) is 1. The second-order valence-electron chi connectivity index (χ2n) is 5.01. The second-order valence-corrected chi connectivity index (χ2v) is 5.01. The largest absolute Gasteiger partial charge is 0.408 e. The van der Waals surface area contributed by atoms with Crippen molar-refractivity contribution in [3.05, 3.63) is 30.2 Å². The zero-order valence-corrected chi connectivity index (χ0v) is 11.6. The Morgan fingerprint density at radius 3 is 2.77 bits per heavy atom. The van der Waals surface area contributed by atoms with Crippen LogP contribution in [0.5, 0.6) is 0 Å². The highest BCUT2D eigenvalue weighted by molar-refractivity contribution is 5.40. The molecule has 1 fully saturated rings. The topological polar surface area (TPSA) is 116 Å². The molecule has 3 aromatic rings. The Morgan fingerprint density at radius 2 is 2.00 bits per heavy atom. The average molecular weight is 299 g/mol. The van der Waals surface area contributed by atoms with Gasteiger partial charge in [0.15, 0.2) is 0 Å². The van der Waals surface area contributed by atoms with Gasteiger partial charge < -0.3 is 14.3 Å². The Bertz CT molecular complexity index is 751. The van der Waals surface area contributed by atoms with E-state index in [1.807, 2.05) is 0 Å². The van der Waals surface area contributed by atoms with Crippen molar-refractivity contribution in [2.24, 2.45) is 0 Å². The normalized spacial score (nSPS) is 14.7. The van der Waals surface area contributed by atoms with Crippen LogP contribution in [0.25, 0.3) is 11.6 Å². The van der Waals surface area contributed by atoms with Gasteiger partial charge in [-0.05, 0) is 18.9 Å². The van der Waals surface area contributed by atoms with E-state index in [-0.39, 0.29) is 0 Å². The van der Waals surface area contributed by atoms with Crippen molar-refractivity contribution in [1.29, 1.82) is 0 Å². The predicted octanol–water partition coefficient (Wildman–Crippen LogP) is 1.79.